The predicted octanol–water partition coefficient (Wildman–Crippen LogP) is 3.26. The number of rotatable bonds is 6. The minimum absolute atomic E-state index is 0.370. The van der Waals surface area contributed by atoms with Crippen molar-refractivity contribution < 1.29 is 14.6 Å². The molecule has 2 heterocycles. The van der Waals surface area contributed by atoms with Gasteiger partial charge in [0, 0.05) is 17.5 Å². The highest BCUT2D eigenvalue weighted by Gasteiger charge is 2.30. The first kappa shape index (κ1) is 16.0. The Morgan fingerprint density at radius 1 is 1.43 bits per heavy atom. The third kappa shape index (κ3) is 3.71. The molecule has 1 aromatic carbocycles. The highest BCUT2D eigenvalue weighted by molar-refractivity contribution is 7.13. The summed E-state index contributed by atoms with van der Waals surface area (Å²) in [6.45, 7) is 4.04. The summed E-state index contributed by atoms with van der Waals surface area (Å²) in [6, 6.07) is 7.53. The third-order valence-corrected chi connectivity index (χ3v) is 4.92. The van der Waals surface area contributed by atoms with E-state index in [1.54, 1.807) is 11.3 Å². The van der Waals surface area contributed by atoms with Gasteiger partial charge in [-0.1, -0.05) is 0 Å². The Hall–Kier alpha value is -1.92. The second kappa shape index (κ2) is 7.10. The van der Waals surface area contributed by atoms with E-state index >= 15 is 0 Å². The summed E-state index contributed by atoms with van der Waals surface area (Å²) in [7, 11) is 0. The van der Waals surface area contributed by atoms with Crippen molar-refractivity contribution in [3.63, 3.8) is 0 Å². The van der Waals surface area contributed by atoms with Crippen molar-refractivity contribution in [2.75, 3.05) is 13.2 Å². The van der Waals surface area contributed by atoms with Crippen LogP contribution in [-0.4, -0.2) is 40.2 Å². The molecule has 0 bridgehead atoms. The van der Waals surface area contributed by atoms with Crippen LogP contribution in [0.5, 0.6) is 5.75 Å². The Labute approximate surface area is 139 Å². The second-order valence-corrected chi connectivity index (χ2v) is 6.43. The zero-order chi connectivity index (χ0) is 16.2. The van der Waals surface area contributed by atoms with Crippen molar-refractivity contribution in [3.05, 3.63) is 35.3 Å². The molecule has 0 saturated carbocycles. The third-order valence-electron chi connectivity index (χ3n) is 3.98. The molecule has 23 heavy (non-hydrogen) atoms. The number of hydrogen-bond acceptors (Lipinski definition) is 5. The zero-order valence-electron chi connectivity index (χ0n) is 13.1. The van der Waals surface area contributed by atoms with Crippen LogP contribution in [0.2, 0.25) is 0 Å². The van der Waals surface area contributed by atoms with Crippen LogP contribution < -0.4 is 4.74 Å². The summed E-state index contributed by atoms with van der Waals surface area (Å²) in [5.41, 5.74) is 1.99. The van der Waals surface area contributed by atoms with Gasteiger partial charge in [0.05, 0.1) is 12.3 Å². The quantitative estimate of drug-likeness (QED) is 0.880. The lowest BCUT2D eigenvalue weighted by Crippen LogP contribution is -2.35. The molecule has 2 aromatic rings. The number of nitrogens with zero attached hydrogens (tertiary/aromatic N) is 2. The predicted molar refractivity (Wildman–Crippen MR) is 89.8 cm³/mol. The van der Waals surface area contributed by atoms with E-state index in [4.69, 9.17) is 4.74 Å². The molecule has 0 aliphatic carbocycles. The maximum atomic E-state index is 11.2. The van der Waals surface area contributed by atoms with Gasteiger partial charge in [0.1, 0.15) is 16.8 Å². The highest BCUT2D eigenvalue weighted by atomic mass is 32.1. The van der Waals surface area contributed by atoms with Crippen molar-refractivity contribution in [2.24, 2.45) is 0 Å². The maximum Gasteiger partial charge on any atom is 0.320 e. The Morgan fingerprint density at radius 2 is 2.22 bits per heavy atom. The zero-order valence-corrected chi connectivity index (χ0v) is 13.9. The number of likely N-dealkylation sites (tertiary alicyclic amines) is 1. The molecular formula is C17H20N2O3S. The van der Waals surface area contributed by atoms with Gasteiger partial charge in [-0.05, 0) is 50.6 Å². The second-order valence-electron chi connectivity index (χ2n) is 5.57. The number of carboxylic acid groups (broad SMARTS) is 1. The van der Waals surface area contributed by atoms with Gasteiger partial charge in [0.15, 0.2) is 0 Å². The van der Waals surface area contributed by atoms with Gasteiger partial charge in [-0.2, -0.15) is 0 Å². The van der Waals surface area contributed by atoms with Gasteiger partial charge in [-0.3, -0.25) is 9.69 Å². The lowest BCUT2D eigenvalue weighted by molar-refractivity contribution is -0.142. The van der Waals surface area contributed by atoms with Crippen molar-refractivity contribution in [1.29, 1.82) is 0 Å². The van der Waals surface area contributed by atoms with Crippen LogP contribution in [-0.2, 0) is 11.3 Å². The maximum absolute atomic E-state index is 11.2. The molecule has 1 aliphatic rings. The molecule has 122 valence electrons. The Balaban J connectivity index is 1.69. The van der Waals surface area contributed by atoms with Gasteiger partial charge in [0.2, 0.25) is 0 Å². The van der Waals surface area contributed by atoms with E-state index in [0.717, 1.165) is 41.4 Å². The summed E-state index contributed by atoms with van der Waals surface area (Å²) >= 11 is 1.59. The van der Waals surface area contributed by atoms with Gasteiger partial charge >= 0.3 is 5.97 Å². The van der Waals surface area contributed by atoms with Crippen LogP contribution >= 0.6 is 11.3 Å². The van der Waals surface area contributed by atoms with Crippen molar-refractivity contribution >= 4 is 17.3 Å². The van der Waals surface area contributed by atoms with Crippen molar-refractivity contribution in [3.8, 4) is 16.3 Å². The molecule has 0 spiro atoms. The molecule has 1 aliphatic heterocycles. The summed E-state index contributed by atoms with van der Waals surface area (Å²) in [4.78, 5) is 17.9. The lowest BCUT2D eigenvalue weighted by atomic mass is 10.2. The highest BCUT2D eigenvalue weighted by Crippen LogP contribution is 2.27. The molecule has 0 radical (unpaired) electrons. The number of aliphatic carboxylic acids is 1. The van der Waals surface area contributed by atoms with Crippen LogP contribution in [0.4, 0.5) is 0 Å². The molecule has 0 amide bonds. The fourth-order valence-corrected chi connectivity index (χ4v) is 3.69. The number of carbonyl (C=O) groups is 1. The summed E-state index contributed by atoms with van der Waals surface area (Å²) < 4.78 is 5.45. The number of carboxylic acids is 1. The number of hydrogen-bond donors (Lipinski definition) is 1. The monoisotopic (exact) mass is 332 g/mol. The number of thiazole rings is 1. The summed E-state index contributed by atoms with van der Waals surface area (Å²) in [5.74, 6) is 0.124. The van der Waals surface area contributed by atoms with Crippen LogP contribution in [0.1, 0.15) is 25.5 Å². The molecule has 6 heteroatoms. The Bertz CT molecular complexity index is 669. The van der Waals surface area contributed by atoms with E-state index in [1.165, 1.54) is 0 Å². The molecular weight excluding hydrogens is 312 g/mol. The van der Waals surface area contributed by atoms with Crippen LogP contribution in [0.15, 0.2) is 29.6 Å². The normalized spacial score (nSPS) is 18.2. The van der Waals surface area contributed by atoms with Crippen LogP contribution in [0.25, 0.3) is 10.6 Å². The van der Waals surface area contributed by atoms with Crippen LogP contribution in [0.3, 0.4) is 0 Å². The fourth-order valence-electron chi connectivity index (χ4n) is 2.88. The Morgan fingerprint density at radius 3 is 2.91 bits per heavy atom. The van der Waals surface area contributed by atoms with Gasteiger partial charge < -0.3 is 9.84 Å². The molecule has 5 nitrogen and oxygen atoms in total. The van der Waals surface area contributed by atoms with E-state index in [0.29, 0.717) is 13.2 Å². The van der Waals surface area contributed by atoms with Gasteiger partial charge in [-0.25, -0.2) is 4.98 Å². The van der Waals surface area contributed by atoms with Crippen LogP contribution in [0, 0.1) is 0 Å². The average molecular weight is 332 g/mol. The standard InChI is InChI=1S/C17H20N2O3S/c1-2-22-14-7-5-12(6-8-14)16-18-13(11-23-16)10-19-9-3-4-15(19)17(20)21/h5-8,11,15H,2-4,9-10H2,1H3,(H,20,21)/t15-/m1/s1. The number of ether oxygens (including phenoxy) is 1. The molecule has 1 fully saturated rings. The number of benzene rings is 1. The summed E-state index contributed by atoms with van der Waals surface area (Å²) in [6.07, 6.45) is 1.66. The summed E-state index contributed by atoms with van der Waals surface area (Å²) in [5, 5.41) is 12.2. The average Bonchev–Trinajstić information content (AvgIpc) is 3.18. The topological polar surface area (TPSA) is 62.7 Å². The lowest BCUT2D eigenvalue weighted by Gasteiger charge is -2.19. The Kier molecular flexibility index (Phi) is 4.93. The van der Waals surface area contributed by atoms with E-state index in [9.17, 15) is 9.90 Å². The first-order chi connectivity index (χ1) is 11.2. The van der Waals surface area contributed by atoms with E-state index in [2.05, 4.69) is 4.98 Å². The molecule has 0 unspecified atom stereocenters. The first-order valence-corrected chi connectivity index (χ1v) is 8.70. The fraction of sp³-hybridized carbons (Fsp3) is 0.412. The SMILES string of the molecule is CCOc1ccc(-c2nc(CN3CCC[C@@H]3C(=O)O)cs2)cc1. The largest absolute Gasteiger partial charge is 0.494 e. The minimum atomic E-state index is -0.732. The van der Waals surface area contributed by atoms with E-state index in [1.807, 2.05) is 41.5 Å². The molecule has 1 atom stereocenters. The van der Waals surface area contributed by atoms with Gasteiger partial charge in [-0.15, -0.1) is 11.3 Å². The minimum Gasteiger partial charge on any atom is -0.494 e. The molecule has 1 aromatic heterocycles. The molecule has 3 rings (SSSR count). The van der Waals surface area contributed by atoms with Gasteiger partial charge in [0.25, 0.3) is 0 Å². The van der Waals surface area contributed by atoms with Crippen molar-refractivity contribution in [1.82, 2.24) is 9.88 Å². The molecule has 1 saturated heterocycles. The van der Waals surface area contributed by atoms with Crippen molar-refractivity contribution in [2.45, 2.75) is 32.4 Å². The van der Waals surface area contributed by atoms with E-state index < -0.39 is 5.97 Å². The number of aromatic nitrogens is 1. The smallest absolute Gasteiger partial charge is 0.320 e. The molecule has 1 N–H and O–H groups in total. The van der Waals surface area contributed by atoms with E-state index in [-0.39, 0.29) is 6.04 Å². The first-order valence-electron chi connectivity index (χ1n) is 7.82.